The second-order valence-corrected chi connectivity index (χ2v) is 3.06. The number of allylic oxidation sites excluding steroid dienone is 1. The van der Waals surface area contributed by atoms with Gasteiger partial charge in [0.2, 0.25) is 0 Å². The number of nitrogens with zero attached hydrogens (tertiary/aromatic N) is 1. The first-order valence-corrected chi connectivity index (χ1v) is 4.34. The van der Waals surface area contributed by atoms with E-state index in [1.165, 1.54) is 7.11 Å². The van der Waals surface area contributed by atoms with E-state index in [2.05, 4.69) is 0 Å². The van der Waals surface area contributed by atoms with Gasteiger partial charge in [0.05, 0.1) is 13.2 Å². The molecule has 0 saturated carbocycles. The van der Waals surface area contributed by atoms with E-state index in [4.69, 9.17) is 9.57 Å². The molecule has 13 heavy (non-hydrogen) atoms. The highest BCUT2D eigenvalue weighted by atomic mass is 16.7. The summed E-state index contributed by atoms with van der Waals surface area (Å²) in [6.45, 7) is 1.95. The third-order valence-electron chi connectivity index (χ3n) is 2.00. The van der Waals surface area contributed by atoms with Crippen LogP contribution >= 0.6 is 0 Å². The summed E-state index contributed by atoms with van der Waals surface area (Å²) < 4.78 is 5.36. The van der Waals surface area contributed by atoms with Crippen LogP contribution in [0.5, 0.6) is 0 Å². The van der Waals surface area contributed by atoms with Gasteiger partial charge in [0, 0.05) is 7.05 Å². The summed E-state index contributed by atoms with van der Waals surface area (Å²) in [5.74, 6) is 0.164. The minimum absolute atomic E-state index is 0.120. The molecule has 0 radical (unpaired) electrons. The van der Waals surface area contributed by atoms with E-state index in [0.717, 1.165) is 17.9 Å². The Balaban J connectivity index is 2.61. The quantitative estimate of drug-likeness (QED) is 0.604. The largest absolute Gasteiger partial charge is 0.485 e. The fourth-order valence-corrected chi connectivity index (χ4v) is 1.15. The molecule has 0 fully saturated rings. The lowest BCUT2D eigenvalue weighted by Gasteiger charge is -2.23. The number of ether oxygens (including phenoxy) is 1. The molecular formula is C9H15NO3. The van der Waals surface area contributed by atoms with Crippen LogP contribution in [0.3, 0.4) is 0 Å². The molecule has 0 saturated heterocycles. The highest BCUT2D eigenvalue weighted by Gasteiger charge is 2.21. The van der Waals surface area contributed by atoms with Crippen LogP contribution in [-0.2, 0) is 14.4 Å². The molecule has 0 spiro atoms. The molecule has 1 aliphatic rings. The molecule has 1 atom stereocenters. The number of carbonyl (C=O) groups is 1. The number of hydroxylamine groups is 2. The van der Waals surface area contributed by atoms with Crippen LogP contribution < -0.4 is 0 Å². The van der Waals surface area contributed by atoms with Crippen LogP contribution in [0.15, 0.2) is 11.8 Å². The molecule has 0 aliphatic carbocycles. The van der Waals surface area contributed by atoms with E-state index in [-0.39, 0.29) is 12.0 Å². The average molecular weight is 185 g/mol. The van der Waals surface area contributed by atoms with E-state index >= 15 is 0 Å². The molecule has 0 aromatic rings. The summed E-state index contributed by atoms with van der Waals surface area (Å²) in [4.78, 5) is 16.2. The van der Waals surface area contributed by atoms with E-state index < -0.39 is 0 Å². The van der Waals surface area contributed by atoms with Crippen LogP contribution in [0.2, 0.25) is 0 Å². The van der Waals surface area contributed by atoms with Crippen LogP contribution in [-0.4, -0.2) is 31.2 Å². The van der Waals surface area contributed by atoms with Gasteiger partial charge in [-0.05, 0) is 25.8 Å². The second-order valence-electron chi connectivity index (χ2n) is 3.06. The third-order valence-corrected chi connectivity index (χ3v) is 2.00. The summed E-state index contributed by atoms with van der Waals surface area (Å²) >= 11 is 0. The monoisotopic (exact) mass is 185 g/mol. The van der Waals surface area contributed by atoms with Crippen molar-refractivity contribution in [3.05, 3.63) is 11.8 Å². The maximum Gasteiger partial charge on any atom is 0.311 e. The van der Waals surface area contributed by atoms with Crippen molar-refractivity contribution in [2.45, 2.75) is 25.9 Å². The average Bonchev–Trinajstić information content (AvgIpc) is 2.15. The number of hydrogen-bond acceptors (Lipinski definition) is 3. The summed E-state index contributed by atoms with van der Waals surface area (Å²) in [6, 6.07) is 0. The molecule has 0 N–H and O–H groups in total. The zero-order valence-electron chi connectivity index (χ0n) is 8.24. The Bertz CT molecular complexity index is 225. The Labute approximate surface area is 78.1 Å². The third kappa shape index (κ3) is 2.45. The molecule has 0 bridgehead atoms. The normalized spacial score (nSPS) is 21.8. The van der Waals surface area contributed by atoms with Gasteiger partial charge in [0.1, 0.15) is 0 Å². The van der Waals surface area contributed by atoms with Crippen LogP contribution in [0.1, 0.15) is 19.8 Å². The van der Waals surface area contributed by atoms with Crippen LogP contribution in [0, 0.1) is 0 Å². The molecular weight excluding hydrogens is 170 g/mol. The number of carbonyl (C=O) groups excluding carboxylic acids is 1. The van der Waals surface area contributed by atoms with Gasteiger partial charge in [-0.25, -0.2) is 5.06 Å². The maximum absolute atomic E-state index is 11.5. The van der Waals surface area contributed by atoms with Gasteiger partial charge in [-0.3, -0.25) is 9.63 Å². The molecule has 74 valence electrons. The smallest absolute Gasteiger partial charge is 0.311 e. The van der Waals surface area contributed by atoms with Crippen molar-refractivity contribution in [2.75, 3.05) is 14.2 Å². The Hall–Kier alpha value is -1.03. The van der Waals surface area contributed by atoms with Crippen molar-refractivity contribution in [2.24, 2.45) is 0 Å². The second kappa shape index (κ2) is 4.28. The zero-order valence-corrected chi connectivity index (χ0v) is 8.24. The first-order valence-electron chi connectivity index (χ1n) is 4.34. The van der Waals surface area contributed by atoms with Gasteiger partial charge in [-0.2, -0.15) is 0 Å². The van der Waals surface area contributed by atoms with Crippen molar-refractivity contribution in [1.29, 1.82) is 0 Å². The summed E-state index contributed by atoms with van der Waals surface area (Å²) in [6.07, 6.45) is 3.78. The molecule has 1 aliphatic heterocycles. The van der Waals surface area contributed by atoms with E-state index in [9.17, 15) is 4.79 Å². The summed E-state index contributed by atoms with van der Waals surface area (Å²) in [5, 5.41) is 1.16. The Morgan fingerprint density at radius 2 is 2.46 bits per heavy atom. The van der Waals surface area contributed by atoms with Gasteiger partial charge in [-0.1, -0.05) is 0 Å². The molecule has 1 rings (SSSR count). The predicted octanol–water partition coefficient (Wildman–Crippen LogP) is 1.09. The van der Waals surface area contributed by atoms with Gasteiger partial charge < -0.3 is 4.74 Å². The van der Waals surface area contributed by atoms with Crippen molar-refractivity contribution in [1.82, 2.24) is 5.06 Å². The van der Waals surface area contributed by atoms with Crippen molar-refractivity contribution in [3.63, 3.8) is 0 Å². The van der Waals surface area contributed by atoms with Gasteiger partial charge in [-0.15, -0.1) is 0 Å². The highest BCUT2D eigenvalue weighted by Crippen LogP contribution is 2.17. The molecule has 4 heteroatoms. The summed E-state index contributed by atoms with van der Waals surface area (Å²) in [7, 11) is 3.01. The lowest BCUT2D eigenvalue weighted by atomic mass is 10.1. The van der Waals surface area contributed by atoms with E-state index in [0.29, 0.717) is 5.76 Å². The van der Waals surface area contributed by atoms with Crippen LogP contribution in [0.4, 0.5) is 0 Å². The molecule has 4 nitrogen and oxygen atoms in total. The Morgan fingerprint density at radius 1 is 1.77 bits per heavy atom. The zero-order chi connectivity index (χ0) is 9.84. The molecule has 1 amide bonds. The standard InChI is InChI=1S/C9H15NO3/c1-7-5-4-6-8(13-7)9(11)10(2)12-3/h6-7H,4-5H2,1-3H3. The van der Waals surface area contributed by atoms with Crippen molar-refractivity contribution < 1.29 is 14.4 Å². The molecule has 1 heterocycles. The number of rotatable bonds is 2. The fraction of sp³-hybridized carbons (Fsp3) is 0.667. The highest BCUT2D eigenvalue weighted by molar-refractivity contribution is 5.90. The first-order chi connectivity index (χ1) is 6.15. The number of hydrogen-bond donors (Lipinski definition) is 0. The topological polar surface area (TPSA) is 38.8 Å². The van der Waals surface area contributed by atoms with Crippen molar-refractivity contribution in [3.8, 4) is 0 Å². The SMILES string of the molecule is CON(C)C(=O)C1=CCCC(C)O1. The van der Waals surface area contributed by atoms with Crippen molar-refractivity contribution >= 4 is 5.91 Å². The van der Waals surface area contributed by atoms with Gasteiger partial charge in [0.15, 0.2) is 5.76 Å². The number of amides is 1. The first kappa shape index (κ1) is 10.1. The fourth-order valence-electron chi connectivity index (χ4n) is 1.15. The number of likely N-dealkylation sites (N-methyl/N-ethyl adjacent to an activating group) is 1. The molecule has 0 aromatic heterocycles. The van der Waals surface area contributed by atoms with E-state index in [1.54, 1.807) is 13.1 Å². The Kier molecular flexibility index (Phi) is 3.31. The minimum atomic E-state index is -0.228. The lowest BCUT2D eigenvalue weighted by molar-refractivity contribution is -0.169. The molecule has 0 aromatic carbocycles. The molecule has 1 unspecified atom stereocenters. The predicted molar refractivity (Wildman–Crippen MR) is 47.6 cm³/mol. The maximum atomic E-state index is 11.5. The van der Waals surface area contributed by atoms with Gasteiger partial charge >= 0.3 is 5.91 Å². The summed E-state index contributed by atoms with van der Waals surface area (Å²) in [5.41, 5.74) is 0. The minimum Gasteiger partial charge on any atom is -0.485 e. The van der Waals surface area contributed by atoms with Crippen LogP contribution in [0.25, 0.3) is 0 Å². The lowest BCUT2D eigenvalue weighted by Crippen LogP contribution is -2.30. The van der Waals surface area contributed by atoms with Gasteiger partial charge in [0.25, 0.3) is 0 Å². The van der Waals surface area contributed by atoms with E-state index in [1.807, 2.05) is 6.92 Å². The Morgan fingerprint density at radius 3 is 3.00 bits per heavy atom.